The third kappa shape index (κ3) is 4.19. The Balaban J connectivity index is 1.95. The molecule has 132 valence electrons. The third-order valence-corrected chi connectivity index (χ3v) is 4.02. The summed E-state index contributed by atoms with van der Waals surface area (Å²) in [7, 11) is 0. The van der Waals surface area contributed by atoms with E-state index in [0.29, 0.717) is 6.61 Å². The van der Waals surface area contributed by atoms with Crippen molar-refractivity contribution >= 4 is 11.9 Å². The van der Waals surface area contributed by atoms with Crippen molar-refractivity contribution in [2.24, 2.45) is 0 Å². The van der Waals surface area contributed by atoms with E-state index in [0.717, 1.165) is 22.4 Å². The van der Waals surface area contributed by atoms with Gasteiger partial charge in [0.1, 0.15) is 18.4 Å². The van der Waals surface area contributed by atoms with Gasteiger partial charge in [0.05, 0.1) is 6.04 Å². The number of carbonyl (C=O) groups is 2. The summed E-state index contributed by atoms with van der Waals surface area (Å²) >= 11 is 0. The minimum Gasteiger partial charge on any atom is -0.490 e. The predicted molar refractivity (Wildman–Crippen MR) is 93.2 cm³/mol. The molecule has 0 radical (unpaired) electrons. The SMILES string of the molecule is Cc1ccc2c(c1C)OC[C@H]2NC(=O)N[C@@H](C)C(=O)NC(C)(C)C. The molecule has 2 atom stereocenters. The molecule has 6 nitrogen and oxygen atoms in total. The molecule has 3 amide bonds. The Morgan fingerprint density at radius 3 is 2.54 bits per heavy atom. The summed E-state index contributed by atoms with van der Waals surface area (Å²) in [6.07, 6.45) is 0. The molecule has 0 bridgehead atoms. The Morgan fingerprint density at radius 2 is 1.92 bits per heavy atom. The smallest absolute Gasteiger partial charge is 0.316 e. The molecule has 1 heterocycles. The molecule has 0 saturated heterocycles. The normalized spacial score (nSPS) is 17.5. The zero-order chi connectivity index (χ0) is 18.1. The van der Waals surface area contributed by atoms with Gasteiger partial charge in [-0.15, -0.1) is 0 Å². The Hall–Kier alpha value is -2.24. The summed E-state index contributed by atoms with van der Waals surface area (Å²) in [5.74, 6) is 0.631. The molecule has 3 N–H and O–H groups in total. The average Bonchev–Trinajstić information content (AvgIpc) is 2.84. The molecule has 1 aromatic rings. The van der Waals surface area contributed by atoms with Gasteiger partial charge >= 0.3 is 6.03 Å². The van der Waals surface area contributed by atoms with E-state index in [-0.39, 0.29) is 23.5 Å². The van der Waals surface area contributed by atoms with E-state index in [2.05, 4.69) is 16.0 Å². The monoisotopic (exact) mass is 333 g/mol. The lowest BCUT2D eigenvalue weighted by Gasteiger charge is -2.24. The molecule has 6 heteroatoms. The van der Waals surface area contributed by atoms with Gasteiger partial charge in [-0.05, 0) is 52.7 Å². The highest BCUT2D eigenvalue weighted by atomic mass is 16.5. The summed E-state index contributed by atoms with van der Waals surface area (Å²) in [5, 5.41) is 8.38. The van der Waals surface area contributed by atoms with Crippen molar-refractivity contribution in [2.75, 3.05) is 6.61 Å². The van der Waals surface area contributed by atoms with E-state index < -0.39 is 6.04 Å². The highest BCUT2D eigenvalue weighted by Crippen LogP contribution is 2.36. The maximum atomic E-state index is 12.2. The Kier molecular flexibility index (Phi) is 5.06. The number of amides is 3. The van der Waals surface area contributed by atoms with Crippen molar-refractivity contribution in [3.05, 3.63) is 28.8 Å². The van der Waals surface area contributed by atoms with Crippen molar-refractivity contribution < 1.29 is 14.3 Å². The summed E-state index contributed by atoms with van der Waals surface area (Å²) in [6.45, 7) is 11.8. The molecule has 1 aliphatic heterocycles. The number of fused-ring (bicyclic) bond motifs is 1. The molecule has 2 rings (SSSR count). The summed E-state index contributed by atoms with van der Waals surface area (Å²) in [5.41, 5.74) is 2.89. The van der Waals surface area contributed by atoms with Crippen molar-refractivity contribution in [1.82, 2.24) is 16.0 Å². The van der Waals surface area contributed by atoms with Crippen molar-refractivity contribution in [3.8, 4) is 5.75 Å². The molecule has 1 aliphatic rings. The van der Waals surface area contributed by atoms with Crippen LogP contribution in [-0.4, -0.2) is 30.1 Å². The standard InChI is InChI=1S/C18H27N3O3/c1-10-7-8-13-14(9-24-15(13)11(10)2)20-17(23)19-12(3)16(22)21-18(4,5)6/h7-8,12,14H,9H2,1-6H3,(H,21,22)(H2,19,20,23)/t12-,14+/m0/s1. The van der Waals surface area contributed by atoms with E-state index in [1.54, 1.807) is 6.92 Å². The second-order valence-electron chi connectivity index (χ2n) is 7.37. The highest BCUT2D eigenvalue weighted by Gasteiger charge is 2.28. The number of hydrogen-bond donors (Lipinski definition) is 3. The number of rotatable bonds is 3. The van der Waals surface area contributed by atoms with Gasteiger partial charge in [0.15, 0.2) is 0 Å². The van der Waals surface area contributed by atoms with E-state index in [1.165, 1.54) is 0 Å². The first-order chi connectivity index (χ1) is 11.1. The number of aryl methyl sites for hydroxylation is 1. The summed E-state index contributed by atoms with van der Waals surface area (Å²) in [6, 6.07) is 2.79. The van der Waals surface area contributed by atoms with Gasteiger partial charge in [-0.3, -0.25) is 4.79 Å². The van der Waals surface area contributed by atoms with Gasteiger partial charge in [0, 0.05) is 11.1 Å². The molecule has 0 aromatic heterocycles. The zero-order valence-electron chi connectivity index (χ0n) is 15.2. The molecule has 24 heavy (non-hydrogen) atoms. The van der Waals surface area contributed by atoms with Crippen LogP contribution < -0.4 is 20.7 Å². The van der Waals surface area contributed by atoms with Gasteiger partial charge < -0.3 is 20.7 Å². The van der Waals surface area contributed by atoms with Crippen LogP contribution in [0.25, 0.3) is 0 Å². The van der Waals surface area contributed by atoms with Crippen molar-refractivity contribution in [1.29, 1.82) is 0 Å². The number of benzene rings is 1. The molecule has 1 aromatic carbocycles. The first kappa shape index (κ1) is 18.1. The van der Waals surface area contributed by atoms with E-state index in [9.17, 15) is 9.59 Å². The van der Waals surface area contributed by atoms with Crippen LogP contribution in [-0.2, 0) is 4.79 Å². The molecule has 0 fully saturated rings. The molecular formula is C18H27N3O3. The second-order valence-corrected chi connectivity index (χ2v) is 7.37. The quantitative estimate of drug-likeness (QED) is 0.794. The van der Waals surface area contributed by atoms with E-state index in [1.807, 2.05) is 46.8 Å². The van der Waals surface area contributed by atoms with E-state index >= 15 is 0 Å². The van der Waals surface area contributed by atoms with Gasteiger partial charge in [0.25, 0.3) is 0 Å². The molecule has 0 aliphatic carbocycles. The lowest BCUT2D eigenvalue weighted by atomic mass is 10.0. The van der Waals surface area contributed by atoms with Crippen LogP contribution in [0.4, 0.5) is 4.79 Å². The second kappa shape index (κ2) is 6.71. The zero-order valence-corrected chi connectivity index (χ0v) is 15.2. The minimum atomic E-state index is -0.620. The van der Waals surface area contributed by atoms with Gasteiger partial charge in [0.2, 0.25) is 5.91 Å². The van der Waals surface area contributed by atoms with Gasteiger partial charge in [-0.25, -0.2) is 4.79 Å². The van der Waals surface area contributed by atoms with Crippen LogP contribution in [0.2, 0.25) is 0 Å². The predicted octanol–water partition coefficient (Wildman–Crippen LogP) is 2.34. The van der Waals surface area contributed by atoms with Crippen LogP contribution in [0, 0.1) is 13.8 Å². The molecule has 0 unspecified atom stereocenters. The fraction of sp³-hybridized carbons (Fsp3) is 0.556. The maximum Gasteiger partial charge on any atom is 0.316 e. The van der Waals surface area contributed by atoms with Crippen LogP contribution in [0.1, 0.15) is 50.4 Å². The molecule has 0 spiro atoms. The number of carbonyl (C=O) groups excluding carboxylic acids is 2. The molecule has 0 saturated carbocycles. The number of urea groups is 1. The molecular weight excluding hydrogens is 306 g/mol. The van der Waals surface area contributed by atoms with E-state index in [4.69, 9.17) is 4.74 Å². The number of nitrogens with one attached hydrogen (secondary N) is 3. The van der Waals surface area contributed by atoms with Crippen LogP contribution in [0.5, 0.6) is 5.75 Å². The lowest BCUT2D eigenvalue weighted by Crippen LogP contribution is -2.53. The maximum absolute atomic E-state index is 12.2. The largest absolute Gasteiger partial charge is 0.490 e. The van der Waals surface area contributed by atoms with Gasteiger partial charge in [-0.2, -0.15) is 0 Å². The first-order valence-corrected chi connectivity index (χ1v) is 8.20. The van der Waals surface area contributed by atoms with Crippen LogP contribution >= 0.6 is 0 Å². The average molecular weight is 333 g/mol. The topological polar surface area (TPSA) is 79.5 Å². The third-order valence-electron chi connectivity index (χ3n) is 4.02. The summed E-state index contributed by atoms with van der Waals surface area (Å²) < 4.78 is 5.72. The highest BCUT2D eigenvalue weighted by molar-refractivity contribution is 5.87. The minimum absolute atomic E-state index is 0.211. The first-order valence-electron chi connectivity index (χ1n) is 8.20. The number of hydrogen-bond acceptors (Lipinski definition) is 3. The fourth-order valence-electron chi connectivity index (χ4n) is 2.59. The number of ether oxygens (including phenoxy) is 1. The van der Waals surface area contributed by atoms with Crippen molar-refractivity contribution in [3.63, 3.8) is 0 Å². The Labute approximate surface area is 143 Å². The Morgan fingerprint density at radius 1 is 1.25 bits per heavy atom. The lowest BCUT2D eigenvalue weighted by molar-refractivity contribution is -0.123. The van der Waals surface area contributed by atoms with Gasteiger partial charge in [-0.1, -0.05) is 12.1 Å². The Bertz CT molecular complexity index is 650. The van der Waals surface area contributed by atoms with Crippen LogP contribution in [0.15, 0.2) is 12.1 Å². The summed E-state index contributed by atoms with van der Waals surface area (Å²) in [4.78, 5) is 24.2. The van der Waals surface area contributed by atoms with Crippen LogP contribution in [0.3, 0.4) is 0 Å². The van der Waals surface area contributed by atoms with Crippen molar-refractivity contribution in [2.45, 2.75) is 59.2 Å². The fourth-order valence-corrected chi connectivity index (χ4v) is 2.59.